The summed E-state index contributed by atoms with van der Waals surface area (Å²) in [7, 11) is -5.29. The normalized spacial score (nSPS) is 18.3. The Bertz CT molecular complexity index is 258. The van der Waals surface area contributed by atoms with Crippen LogP contribution in [0.5, 0.6) is 0 Å². The first-order valence-electron chi connectivity index (χ1n) is 3.88. The highest BCUT2D eigenvalue weighted by molar-refractivity contribution is 7.43. The first kappa shape index (κ1) is 14.7. The highest BCUT2D eigenvalue weighted by atomic mass is 31.2. The summed E-state index contributed by atoms with van der Waals surface area (Å²) in [5.41, 5.74) is 0. The highest BCUT2D eigenvalue weighted by Gasteiger charge is 2.27. The lowest BCUT2D eigenvalue weighted by Crippen LogP contribution is -2.42. The molecule has 0 aromatic heterocycles. The molecule has 0 aromatic rings. The Morgan fingerprint density at radius 1 is 1.40 bits per heavy atom. The molecule has 0 saturated carbocycles. The zero-order valence-electron chi connectivity index (χ0n) is 7.77. The number of carbonyl (C=O) groups is 1. The average molecular weight is 242 g/mol. The SMILES string of the molecule is C[C@H](O)C(O)C(O)C(=O)COP(=O)([O-])[O-]. The summed E-state index contributed by atoms with van der Waals surface area (Å²) in [5, 5.41) is 26.8. The molecule has 3 atom stereocenters. The van der Waals surface area contributed by atoms with E-state index in [2.05, 4.69) is 4.52 Å². The number of Topliss-reactive ketones (excluding diaryl/α,β-unsaturated/α-hetero) is 1. The van der Waals surface area contributed by atoms with Gasteiger partial charge in [-0.3, -0.25) is 4.79 Å². The molecular weight excluding hydrogens is 231 g/mol. The quantitative estimate of drug-likeness (QED) is 0.406. The molecule has 2 unspecified atom stereocenters. The summed E-state index contributed by atoms with van der Waals surface area (Å²) >= 11 is 0. The number of phosphoric ester groups is 1. The van der Waals surface area contributed by atoms with Gasteiger partial charge in [0.15, 0.2) is 5.78 Å². The van der Waals surface area contributed by atoms with Crippen molar-refractivity contribution >= 4 is 13.6 Å². The number of aliphatic hydroxyl groups excluding tert-OH is 3. The van der Waals surface area contributed by atoms with Crippen LogP contribution in [0.4, 0.5) is 0 Å². The first-order valence-corrected chi connectivity index (χ1v) is 5.34. The van der Waals surface area contributed by atoms with Gasteiger partial charge in [0.25, 0.3) is 0 Å². The van der Waals surface area contributed by atoms with Gasteiger partial charge in [-0.1, -0.05) is 0 Å². The third-order valence-electron chi connectivity index (χ3n) is 1.51. The number of aliphatic hydroxyl groups is 3. The first-order chi connectivity index (χ1) is 6.65. The van der Waals surface area contributed by atoms with Crippen LogP contribution in [-0.2, 0) is 13.9 Å². The molecule has 0 heterocycles. The minimum Gasteiger partial charge on any atom is -0.790 e. The van der Waals surface area contributed by atoms with Gasteiger partial charge in [-0.25, -0.2) is 0 Å². The number of hydrogen-bond donors (Lipinski definition) is 3. The van der Waals surface area contributed by atoms with Crippen LogP contribution in [0.3, 0.4) is 0 Å². The van der Waals surface area contributed by atoms with E-state index in [0.29, 0.717) is 0 Å². The van der Waals surface area contributed by atoms with E-state index >= 15 is 0 Å². The van der Waals surface area contributed by atoms with Crippen LogP contribution in [0.2, 0.25) is 0 Å². The van der Waals surface area contributed by atoms with Crippen molar-refractivity contribution in [1.82, 2.24) is 0 Å². The Kier molecular flexibility index (Phi) is 5.54. The van der Waals surface area contributed by atoms with Crippen molar-refractivity contribution in [3.8, 4) is 0 Å². The van der Waals surface area contributed by atoms with Crippen LogP contribution in [0.1, 0.15) is 6.92 Å². The number of carbonyl (C=O) groups excluding carboxylic acids is 1. The monoisotopic (exact) mass is 242 g/mol. The van der Waals surface area contributed by atoms with E-state index in [9.17, 15) is 19.1 Å². The second-order valence-corrected chi connectivity index (χ2v) is 4.02. The largest absolute Gasteiger partial charge is 0.790 e. The Morgan fingerprint density at radius 3 is 2.20 bits per heavy atom. The van der Waals surface area contributed by atoms with E-state index in [4.69, 9.17) is 15.3 Å². The smallest absolute Gasteiger partial charge is 0.189 e. The minimum atomic E-state index is -5.29. The molecule has 0 saturated heterocycles. The molecule has 0 aromatic carbocycles. The van der Waals surface area contributed by atoms with Crippen LogP contribution < -0.4 is 9.79 Å². The predicted octanol–water partition coefficient (Wildman–Crippen LogP) is -3.50. The minimum absolute atomic E-state index is 1.12. The Hall–Kier alpha value is -0.340. The summed E-state index contributed by atoms with van der Waals surface area (Å²) in [6, 6.07) is 0. The fourth-order valence-corrected chi connectivity index (χ4v) is 0.968. The number of phosphoric acid groups is 1. The maximum atomic E-state index is 10.9. The van der Waals surface area contributed by atoms with E-state index in [-0.39, 0.29) is 0 Å². The van der Waals surface area contributed by atoms with Gasteiger partial charge in [0, 0.05) is 0 Å². The molecule has 0 aliphatic rings. The molecule has 15 heavy (non-hydrogen) atoms. The molecule has 0 bridgehead atoms. The van der Waals surface area contributed by atoms with E-state index in [1.165, 1.54) is 0 Å². The predicted molar refractivity (Wildman–Crippen MR) is 42.3 cm³/mol. The Morgan fingerprint density at radius 2 is 1.87 bits per heavy atom. The lowest BCUT2D eigenvalue weighted by molar-refractivity contribution is -0.341. The molecule has 8 nitrogen and oxygen atoms in total. The van der Waals surface area contributed by atoms with Crippen molar-refractivity contribution in [3.05, 3.63) is 0 Å². The van der Waals surface area contributed by atoms with Crippen LogP contribution in [0.15, 0.2) is 0 Å². The van der Waals surface area contributed by atoms with Crippen molar-refractivity contribution in [2.45, 2.75) is 25.2 Å². The van der Waals surface area contributed by atoms with Crippen LogP contribution in [0, 0.1) is 0 Å². The van der Waals surface area contributed by atoms with Crippen molar-refractivity contribution in [1.29, 1.82) is 0 Å². The molecule has 0 aliphatic carbocycles. The molecule has 3 N–H and O–H groups in total. The molecule has 0 fully saturated rings. The molecule has 90 valence electrons. The number of ketones is 1. The Balaban J connectivity index is 4.17. The third-order valence-corrected chi connectivity index (χ3v) is 1.96. The summed E-state index contributed by atoms with van der Waals surface area (Å²) in [4.78, 5) is 30.8. The van der Waals surface area contributed by atoms with Crippen molar-refractivity contribution < 1.29 is 39.0 Å². The van der Waals surface area contributed by atoms with Crippen LogP contribution in [-0.4, -0.2) is 46.0 Å². The van der Waals surface area contributed by atoms with E-state index in [0.717, 1.165) is 6.92 Å². The van der Waals surface area contributed by atoms with Gasteiger partial charge in [-0.05, 0) is 6.92 Å². The maximum absolute atomic E-state index is 10.9. The van der Waals surface area contributed by atoms with Crippen molar-refractivity contribution in [3.63, 3.8) is 0 Å². The van der Waals surface area contributed by atoms with Crippen LogP contribution >= 0.6 is 7.82 Å². The molecule has 0 spiro atoms. The van der Waals surface area contributed by atoms with E-state index < -0.39 is 38.5 Å². The maximum Gasteiger partial charge on any atom is 0.189 e. The molecule has 0 aliphatic heterocycles. The molecule has 9 heteroatoms. The fraction of sp³-hybridized carbons (Fsp3) is 0.833. The van der Waals surface area contributed by atoms with Gasteiger partial charge in [0.2, 0.25) is 0 Å². The van der Waals surface area contributed by atoms with Crippen molar-refractivity contribution in [2.24, 2.45) is 0 Å². The lowest BCUT2D eigenvalue weighted by atomic mass is 10.1. The van der Waals surface area contributed by atoms with Crippen LogP contribution in [0.25, 0.3) is 0 Å². The van der Waals surface area contributed by atoms with Gasteiger partial charge < -0.3 is 34.2 Å². The van der Waals surface area contributed by atoms with E-state index in [1.54, 1.807) is 0 Å². The summed E-state index contributed by atoms with van der Waals surface area (Å²) < 4.78 is 13.6. The standard InChI is InChI=1S/C6H13O8P/c1-3(7)5(9)6(10)4(8)2-14-15(11,12)13/h3,5-7,9-10H,2H2,1H3,(H2,11,12,13)/p-2/t3-,5?,6?/m0/s1. The summed E-state index contributed by atoms with van der Waals surface area (Å²) in [5.74, 6) is -1.21. The summed E-state index contributed by atoms with van der Waals surface area (Å²) in [6.45, 7) is -0.0522. The van der Waals surface area contributed by atoms with Gasteiger partial charge in [-0.15, -0.1) is 0 Å². The van der Waals surface area contributed by atoms with Gasteiger partial charge in [0.05, 0.1) is 13.9 Å². The van der Waals surface area contributed by atoms with Gasteiger partial charge in [0.1, 0.15) is 18.8 Å². The topological polar surface area (TPSA) is 150 Å². The van der Waals surface area contributed by atoms with Gasteiger partial charge in [-0.2, -0.15) is 0 Å². The highest BCUT2D eigenvalue weighted by Crippen LogP contribution is 2.24. The molecule has 0 rings (SSSR count). The van der Waals surface area contributed by atoms with Crippen molar-refractivity contribution in [2.75, 3.05) is 6.61 Å². The molecule has 0 radical (unpaired) electrons. The lowest BCUT2D eigenvalue weighted by Gasteiger charge is -2.29. The third kappa shape index (κ3) is 5.95. The summed E-state index contributed by atoms with van der Waals surface area (Å²) in [6.07, 6.45) is -5.15. The van der Waals surface area contributed by atoms with Gasteiger partial charge >= 0.3 is 0 Å². The Labute approximate surface area is 85.4 Å². The van der Waals surface area contributed by atoms with E-state index in [1.807, 2.05) is 0 Å². The molecule has 0 amide bonds. The average Bonchev–Trinajstić information content (AvgIpc) is 2.10. The molecular formula is C6H11O8P-2. The zero-order valence-corrected chi connectivity index (χ0v) is 8.66. The second kappa shape index (κ2) is 5.66. The zero-order chi connectivity index (χ0) is 12.2. The number of rotatable bonds is 6. The number of hydrogen-bond acceptors (Lipinski definition) is 8. The fourth-order valence-electron chi connectivity index (χ4n) is 0.682. The second-order valence-electron chi connectivity index (χ2n) is 2.86.